The van der Waals surface area contributed by atoms with Crippen LogP contribution < -0.4 is 0 Å². The number of esters is 1. The highest BCUT2D eigenvalue weighted by Gasteiger charge is 2.46. The molecule has 2 aliphatic rings. The highest BCUT2D eigenvalue weighted by molar-refractivity contribution is 6.08. The maximum Gasteiger partial charge on any atom is 0.418 e. The van der Waals surface area contributed by atoms with Gasteiger partial charge in [0, 0.05) is 5.56 Å². The van der Waals surface area contributed by atoms with Crippen molar-refractivity contribution in [2.75, 3.05) is 0 Å². The molecule has 0 saturated carbocycles. The molecule has 1 saturated heterocycles. The first-order valence-corrected chi connectivity index (χ1v) is 5.75. The minimum absolute atomic E-state index is 0.0662. The molecule has 0 aliphatic carbocycles. The minimum atomic E-state index is -0.730. The van der Waals surface area contributed by atoms with Crippen molar-refractivity contribution < 1.29 is 19.1 Å². The molecule has 1 fully saturated rings. The van der Waals surface area contributed by atoms with Crippen LogP contribution in [0.15, 0.2) is 24.3 Å². The summed E-state index contributed by atoms with van der Waals surface area (Å²) in [6.45, 7) is 1.83. The molecule has 3 rings (SSSR count). The number of benzene rings is 1. The number of cyclic esters (lactones) is 2. The van der Waals surface area contributed by atoms with Gasteiger partial charge in [-0.3, -0.25) is 14.5 Å². The third kappa shape index (κ3) is 1.37. The summed E-state index contributed by atoms with van der Waals surface area (Å²) in [4.78, 5) is 36.6. The van der Waals surface area contributed by atoms with Crippen molar-refractivity contribution in [1.82, 2.24) is 4.90 Å². The number of rotatable bonds is 0. The van der Waals surface area contributed by atoms with Gasteiger partial charge < -0.3 is 4.74 Å². The molecule has 92 valence electrons. The van der Waals surface area contributed by atoms with E-state index in [4.69, 9.17) is 0 Å². The van der Waals surface area contributed by atoms with Gasteiger partial charge in [0.1, 0.15) is 6.04 Å². The van der Waals surface area contributed by atoms with Gasteiger partial charge >= 0.3 is 12.1 Å². The monoisotopic (exact) mass is 245 g/mol. The summed E-state index contributed by atoms with van der Waals surface area (Å²) >= 11 is 0. The second-order valence-corrected chi connectivity index (χ2v) is 4.49. The van der Waals surface area contributed by atoms with Crippen molar-refractivity contribution in [3.8, 4) is 0 Å². The molecule has 18 heavy (non-hydrogen) atoms. The topological polar surface area (TPSA) is 63.7 Å². The quantitative estimate of drug-likeness (QED) is 0.515. The van der Waals surface area contributed by atoms with Gasteiger partial charge in [-0.1, -0.05) is 24.3 Å². The summed E-state index contributed by atoms with van der Waals surface area (Å²) in [6, 6.07) is 6.17. The van der Waals surface area contributed by atoms with Crippen molar-refractivity contribution in [3.63, 3.8) is 0 Å². The van der Waals surface area contributed by atoms with Crippen LogP contribution in [-0.2, 0) is 9.53 Å². The summed E-state index contributed by atoms with van der Waals surface area (Å²) < 4.78 is 4.59. The zero-order valence-electron chi connectivity index (χ0n) is 9.75. The number of amides is 1. The largest absolute Gasteiger partial charge is 0.418 e. The lowest BCUT2D eigenvalue weighted by molar-refractivity contribution is -0.143. The Balaban J connectivity index is 2.13. The van der Waals surface area contributed by atoms with Gasteiger partial charge in [-0.05, 0) is 12.5 Å². The fourth-order valence-electron chi connectivity index (χ4n) is 2.64. The van der Waals surface area contributed by atoms with E-state index in [0.717, 1.165) is 5.56 Å². The number of ether oxygens (including phenoxy) is 1. The first-order chi connectivity index (χ1) is 8.59. The van der Waals surface area contributed by atoms with E-state index in [9.17, 15) is 14.4 Å². The van der Waals surface area contributed by atoms with Crippen LogP contribution in [0.5, 0.6) is 0 Å². The predicted molar refractivity (Wildman–Crippen MR) is 60.9 cm³/mol. The molecule has 1 amide bonds. The van der Waals surface area contributed by atoms with E-state index in [1.165, 1.54) is 4.90 Å². The van der Waals surface area contributed by atoms with Crippen LogP contribution in [0.1, 0.15) is 35.3 Å². The fraction of sp³-hybridized carbons (Fsp3) is 0.308. The van der Waals surface area contributed by atoms with Gasteiger partial charge in [-0.2, -0.15) is 0 Å². The maximum atomic E-state index is 12.3. The summed E-state index contributed by atoms with van der Waals surface area (Å²) in [5.41, 5.74) is 1.39. The van der Waals surface area contributed by atoms with E-state index in [1.54, 1.807) is 12.1 Å². The molecular formula is C13H11NO4. The number of Topliss-reactive ketones (excluding diaryl/α,β-unsaturated/α-hetero) is 1. The average Bonchev–Trinajstić information content (AvgIpc) is 2.35. The lowest BCUT2D eigenvalue weighted by Gasteiger charge is -2.41. The number of hydrogen-bond donors (Lipinski definition) is 0. The van der Waals surface area contributed by atoms with Crippen LogP contribution in [0.25, 0.3) is 0 Å². The summed E-state index contributed by atoms with van der Waals surface area (Å²) in [6.07, 6.45) is -0.796. The van der Waals surface area contributed by atoms with Crippen molar-refractivity contribution in [2.45, 2.75) is 25.4 Å². The Morgan fingerprint density at radius 2 is 1.94 bits per heavy atom. The Labute approximate surface area is 103 Å². The van der Waals surface area contributed by atoms with Gasteiger partial charge in [0.2, 0.25) is 0 Å². The molecule has 0 radical (unpaired) electrons. The molecule has 1 aromatic rings. The second kappa shape index (κ2) is 3.66. The molecule has 2 heterocycles. The number of carbonyl (C=O) groups excluding carboxylic acids is 3. The molecule has 0 unspecified atom stereocenters. The molecule has 0 aromatic heterocycles. The first kappa shape index (κ1) is 11.0. The highest BCUT2D eigenvalue weighted by Crippen LogP contribution is 2.36. The van der Waals surface area contributed by atoms with Crippen LogP contribution in [0.2, 0.25) is 0 Å². The van der Waals surface area contributed by atoms with E-state index in [1.807, 2.05) is 19.1 Å². The molecule has 1 aromatic carbocycles. The Morgan fingerprint density at radius 3 is 2.72 bits per heavy atom. The standard InChI is InChI=1S/C13H11NO4/c1-7-8-4-2-3-5-9(8)12(16)10-6-11(15)18-13(17)14(7)10/h2-5,7,10H,6H2,1H3/t7-,10-/m0/s1. The van der Waals surface area contributed by atoms with Crippen molar-refractivity contribution >= 4 is 17.8 Å². The van der Waals surface area contributed by atoms with E-state index in [2.05, 4.69) is 4.74 Å². The number of fused-ring (bicyclic) bond motifs is 2. The zero-order valence-corrected chi connectivity index (χ0v) is 9.75. The lowest BCUT2D eigenvalue weighted by atomic mass is 9.86. The minimum Gasteiger partial charge on any atom is -0.376 e. The molecule has 5 nitrogen and oxygen atoms in total. The Kier molecular flexibility index (Phi) is 2.23. The van der Waals surface area contributed by atoms with Crippen LogP contribution in [0.3, 0.4) is 0 Å². The molecule has 0 N–H and O–H groups in total. The Hall–Kier alpha value is -2.17. The van der Waals surface area contributed by atoms with Gasteiger partial charge in [-0.15, -0.1) is 0 Å². The van der Waals surface area contributed by atoms with Crippen molar-refractivity contribution in [1.29, 1.82) is 0 Å². The van der Waals surface area contributed by atoms with Gasteiger partial charge in [-0.25, -0.2) is 4.79 Å². The van der Waals surface area contributed by atoms with Crippen LogP contribution in [0.4, 0.5) is 4.79 Å². The first-order valence-electron chi connectivity index (χ1n) is 5.75. The number of hydrogen-bond acceptors (Lipinski definition) is 4. The third-order valence-electron chi connectivity index (χ3n) is 3.50. The van der Waals surface area contributed by atoms with E-state index in [-0.39, 0.29) is 18.2 Å². The molecule has 0 bridgehead atoms. The van der Waals surface area contributed by atoms with Crippen LogP contribution in [0, 0.1) is 0 Å². The lowest BCUT2D eigenvalue weighted by Crippen LogP contribution is -2.55. The molecule has 2 aliphatic heterocycles. The third-order valence-corrected chi connectivity index (χ3v) is 3.50. The van der Waals surface area contributed by atoms with Crippen LogP contribution in [-0.4, -0.2) is 28.8 Å². The number of carbonyl (C=O) groups is 3. The molecule has 5 heteroatoms. The molecular weight excluding hydrogens is 234 g/mol. The summed E-state index contributed by atoms with van der Waals surface area (Å²) in [7, 11) is 0. The van der Waals surface area contributed by atoms with E-state index >= 15 is 0 Å². The maximum absolute atomic E-state index is 12.3. The van der Waals surface area contributed by atoms with Gasteiger partial charge in [0.05, 0.1) is 12.5 Å². The van der Waals surface area contributed by atoms with Gasteiger partial charge in [0.25, 0.3) is 0 Å². The second-order valence-electron chi connectivity index (χ2n) is 4.49. The SMILES string of the molecule is C[C@H]1c2ccccc2C(=O)[C@@H]2CC(=O)OC(=O)N21. The van der Waals surface area contributed by atoms with E-state index in [0.29, 0.717) is 5.56 Å². The van der Waals surface area contributed by atoms with Crippen molar-refractivity contribution in [2.24, 2.45) is 0 Å². The summed E-state index contributed by atoms with van der Waals surface area (Å²) in [5, 5.41) is 0. The van der Waals surface area contributed by atoms with Crippen molar-refractivity contribution in [3.05, 3.63) is 35.4 Å². The smallest absolute Gasteiger partial charge is 0.376 e. The summed E-state index contributed by atoms with van der Waals surface area (Å²) in [5.74, 6) is -0.824. The number of nitrogens with zero attached hydrogens (tertiary/aromatic N) is 1. The Morgan fingerprint density at radius 1 is 1.22 bits per heavy atom. The molecule has 2 atom stereocenters. The highest BCUT2D eigenvalue weighted by atomic mass is 16.6. The average molecular weight is 245 g/mol. The number of ketones is 1. The zero-order chi connectivity index (χ0) is 12.9. The Bertz CT molecular complexity index is 566. The predicted octanol–water partition coefficient (Wildman–Crippen LogP) is 1.68. The fourth-order valence-corrected chi connectivity index (χ4v) is 2.64. The van der Waals surface area contributed by atoms with Crippen LogP contribution >= 0.6 is 0 Å². The molecule has 0 spiro atoms. The van der Waals surface area contributed by atoms with E-state index < -0.39 is 18.1 Å². The van der Waals surface area contributed by atoms with Gasteiger partial charge in [0.15, 0.2) is 5.78 Å². The normalized spacial score (nSPS) is 26.5.